The molecule has 3 unspecified atom stereocenters. The van der Waals surface area contributed by atoms with Crippen LogP contribution in [0.15, 0.2) is 42.7 Å². The van der Waals surface area contributed by atoms with Crippen LogP contribution in [0.25, 0.3) is 0 Å². The molecule has 1 N–H and O–H groups in total. The van der Waals surface area contributed by atoms with Crippen molar-refractivity contribution in [2.75, 3.05) is 0 Å². The van der Waals surface area contributed by atoms with Crippen LogP contribution in [0.4, 0.5) is 0 Å². The number of aryl methyl sites for hydroxylation is 1. The highest BCUT2D eigenvalue weighted by Crippen LogP contribution is 2.47. The van der Waals surface area contributed by atoms with Crippen LogP contribution in [0.5, 0.6) is 0 Å². The molecule has 1 aliphatic rings. The minimum absolute atomic E-state index is 0.00761. The van der Waals surface area contributed by atoms with Gasteiger partial charge in [-0.2, -0.15) is 5.10 Å². The number of rotatable bonds is 4. The van der Waals surface area contributed by atoms with Crippen molar-refractivity contribution in [3.63, 3.8) is 0 Å². The smallest absolute Gasteiger partial charge is 0.224 e. The van der Waals surface area contributed by atoms with E-state index in [4.69, 9.17) is 0 Å². The maximum atomic E-state index is 12.2. The zero-order valence-corrected chi connectivity index (χ0v) is 11.8. The van der Waals surface area contributed by atoms with Crippen molar-refractivity contribution in [2.24, 2.45) is 13.0 Å². The lowest BCUT2D eigenvalue weighted by atomic mass is 10.1. The summed E-state index contributed by atoms with van der Waals surface area (Å²) in [6.45, 7) is 1.99. The molecule has 1 aliphatic carbocycles. The number of benzene rings is 1. The summed E-state index contributed by atoms with van der Waals surface area (Å²) in [6.07, 6.45) is 4.69. The third kappa shape index (κ3) is 2.59. The topological polar surface area (TPSA) is 46.9 Å². The number of hydrogen-bond donors (Lipinski definition) is 1. The van der Waals surface area contributed by atoms with E-state index in [-0.39, 0.29) is 17.9 Å². The van der Waals surface area contributed by atoms with Crippen LogP contribution in [-0.2, 0) is 11.8 Å². The molecule has 4 nitrogen and oxygen atoms in total. The van der Waals surface area contributed by atoms with Crippen molar-refractivity contribution in [3.8, 4) is 0 Å². The van der Waals surface area contributed by atoms with Crippen molar-refractivity contribution in [2.45, 2.75) is 25.3 Å². The van der Waals surface area contributed by atoms with E-state index in [1.165, 1.54) is 5.56 Å². The molecule has 1 amide bonds. The molecule has 0 saturated heterocycles. The average Bonchev–Trinajstić information content (AvgIpc) is 3.15. The molecule has 0 radical (unpaired) electrons. The van der Waals surface area contributed by atoms with Crippen LogP contribution in [0.2, 0.25) is 0 Å². The fourth-order valence-electron chi connectivity index (χ4n) is 2.62. The Morgan fingerprint density at radius 2 is 2.15 bits per heavy atom. The molecule has 1 heterocycles. The molecule has 0 bridgehead atoms. The number of nitrogens with one attached hydrogen (secondary N) is 1. The van der Waals surface area contributed by atoms with Gasteiger partial charge in [-0.05, 0) is 24.8 Å². The monoisotopic (exact) mass is 269 g/mol. The first-order valence-electron chi connectivity index (χ1n) is 6.99. The van der Waals surface area contributed by atoms with Crippen LogP contribution in [0.3, 0.4) is 0 Å². The van der Waals surface area contributed by atoms with Crippen molar-refractivity contribution in [1.82, 2.24) is 15.1 Å². The summed E-state index contributed by atoms with van der Waals surface area (Å²) in [6, 6.07) is 10.3. The predicted octanol–water partition coefficient (Wildman–Crippen LogP) is 2.40. The Balaban J connectivity index is 1.59. The van der Waals surface area contributed by atoms with Gasteiger partial charge in [-0.25, -0.2) is 0 Å². The molecule has 1 aromatic carbocycles. The lowest BCUT2D eigenvalue weighted by Gasteiger charge is -2.12. The van der Waals surface area contributed by atoms with Crippen molar-refractivity contribution in [3.05, 3.63) is 53.9 Å². The zero-order valence-electron chi connectivity index (χ0n) is 11.8. The third-order valence-electron chi connectivity index (χ3n) is 3.94. The van der Waals surface area contributed by atoms with Crippen LogP contribution in [-0.4, -0.2) is 15.7 Å². The highest BCUT2D eigenvalue weighted by Gasteiger charge is 2.44. The molecule has 4 heteroatoms. The SMILES string of the molecule is CC(NC(=O)C1CC1c1ccccc1)c1cnn(C)c1. The van der Waals surface area contributed by atoms with E-state index in [1.807, 2.05) is 38.4 Å². The van der Waals surface area contributed by atoms with Gasteiger partial charge < -0.3 is 5.32 Å². The van der Waals surface area contributed by atoms with Gasteiger partial charge in [0.25, 0.3) is 0 Å². The average molecular weight is 269 g/mol. The maximum absolute atomic E-state index is 12.2. The Kier molecular flexibility index (Phi) is 3.30. The van der Waals surface area contributed by atoms with Crippen LogP contribution in [0.1, 0.15) is 36.4 Å². The molecular formula is C16H19N3O. The van der Waals surface area contributed by atoms with Gasteiger partial charge in [0.05, 0.1) is 12.2 Å². The molecule has 0 spiro atoms. The number of aromatic nitrogens is 2. The number of hydrogen-bond acceptors (Lipinski definition) is 2. The van der Waals surface area contributed by atoms with E-state index in [0.29, 0.717) is 5.92 Å². The van der Waals surface area contributed by atoms with Gasteiger partial charge >= 0.3 is 0 Å². The molecule has 2 aromatic rings. The summed E-state index contributed by atoms with van der Waals surface area (Å²) in [5.74, 6) is 0.657. The van der Waals surface area contributed by atoms with Crippen LogP contribution < -0.4 is 5.32 Å². The second-order valence-electron chi connectivity index (χ2n) is 5.54. The van der Waals surface area contributed by atoms with Gasteiger partial charge in [-0.3, -0.25) is 9.48 Å². The second-order valence-corrected chi connectivity index (χ2v) is 5.54. The van der Waals surface area contributed by atoms with Gasteiger partial charge in [0.1, 0.15) is 0 Å². The standard InChI is InChI=1S/C16H19N3O/c1-11(13-9-17-19(2)10-13)18-16(20)15-8-14(15)12-6-4-3-5-7-12/h3-7,9-11,14-15H,8H2,1-2H3,(H,18,20). The second kappa shape index (κ2) is 5.12. The van der Waals surface area contributed by atoms with Gasteiger partial charge in [-0.15, -0.1) is 0 Å². The first kappa shape index (κ1) is 12.9. The van der Waals surface area contributed by atoms with E-state index < -0.39 is 0 Å². The molecule has 1 saturated carbocycles. The van der Waals surface area contributed by atoms with E-state index in [2.05, 4.69) is 22.5 Å². The summed E-state index contributed by atoms with van der Waals surface area (Å²) in [4.78, 5) is 12.2. The molecule has 1 fully saturated rings. The third-order valence-corrected chi connectivity index (χ3v) is 3.94. The summed E-state index contributed by atoms with van der Waals surface area (Å²) >= 11 is 0. The van der Waals surface area contributed by atoms with Gasteiger partial charge in [0.2, 0.25) is 5.91 Å². The van der Waals surface area contributed by atoms with E-state index in [0.717, 1.165) is 12.0 Å². The Morgan fingerprint density at radius 3 is 2.80 bits per heavy atom. The molecule has 3 rings (SSSR count). The van der Waals surface area contributed by atoms with Crippen molar-refractivity contribution < 1.29 is 4.79 Å². The lowest BCUT2D eigenvalue weighted by molar-refractivity contribution is -0.123. The van der Waals surface area contributed by atoms with Gasteiger partial charge in [0, 0.05) is 24.7 Å². The number of carbonyl (C=O) groups excluding carboxylic acids is 1. The molecule has 3 atom stereocenters. The lowest BCUT2D eigenvalue weighted by Crippen LogP contribution is -2.28. The van der Waals surface area contributed by atoms with Gasteiger partial charge in [0.15, 0.2) is 0 Å². The summed E-state index contributed by atoms with van der Waals surface area (Å²) in [5, 5.41) is 7.21. The normalized spacial score (nSPS) is 22.3. The number of nitrogens with zero attached hydrogens (tertiary/aromatic N) is 2. The summed E-state index contributed by atoms with van der Waals surface area (Å²) < 4.78 is 1.75. The first-order chi connectivity index (χ1) is 9.65. The first-order valence-corrected chi connectivity index (χ1v) is 6.99. The highest BCUT2D eigenvalue weighted by atomic mass is 16.2. The Labute approximate surface area is 118 Å². The Morgan fingerprint density at radius 1 is 1.40 bits per heavy atom. The van der Waals surface area contributed by atoms with E-state index >= 15 is 0 Å². The Bertz CT molecular complexity index is 605. The van der Waals surface area contributed by atoms with Crippen molar-refractivity contribution in [1.29, 1.82) is 0 Å². The van der Waals surface area contributed by atoms with Crippen molar-refractivity contribution >= 4 is 5.91 Å². The van der Waals surface area contributed by atoms with Crippen LogP contribution >= 0.6 is 0 Å². The van der Waals surface area contributed by atoms with Gasteiger partial charge in [-0.1, -0.05) is 30.3 Å². The summed E-state index contributed by atoms with van der Waals surface area (Å²) in [5.41, 5.74) is 2.31. The molecule has 0 aliphatic heterocycles. The molecule has 1 aromatic heterocycles. The minimum Gasteiger partial charge on any atom is -0.349 e. The highest BCUT2D eigenvalue weighted by molar-refractivity contribution is 5.83. The maximum Gasteiger partial charge on any atom is 0.224 e. The summed E-state index contributed by atoms with van der Waals surface area (Å²) in [7, 11) is 1.88. The van der Waals surface area contributed by atoms with E-state index in [1.54, 1.807) is 10.9 Å². The number of carbonyl (C=O) groups is 1. The molecule has 20 heavy (non-hydrogen) atoms. The fraction of sp³-hybridized carbons (Fsp3) is 0.375. The Hall–Kier alpha value is -2.10. The minimum atomic E-state index is 0.00761. The zero-order chi connectivity index (χ0) is 14.1. The van der Waals surface area contributed by atoms with Crippen LogP contribution in [0, 0.1) is 5.92 Å². The molecule has 104 valence electrons. The largest absolute Gasteiger partial charge is 0.349 e. The fourth-order valence-corrected chi connectivity index (χ4v) is 2.62. The quantitative estimate of drug-likeness (QED) is 0.926. The predicted molar refractivity (Wildman–Crippen MR) is 77.1 cm³/mol. The number of amides is 1. The molecular weight excluding hydrogens is 250 g/mol. The van der Waals surface area contributed by atoms with E-state index in [9.17, 15) is 4.79 Å².